The van der Waals surface area contributed by atoms with E-state index in [0.717, 1.165) is 6.07 Å². The van der Waals surface area contributed by atoms with E-state index in [-0.39, 0.29) is 42.1 Å². The SMILES string of the molecule is Cc1ccc([N+](=O)[O-])cc1S(=O)(=O)N1CCC(C(=O)N(C)CCOc2ccccc2Cl)CC1. The summed E-state index contributed by atoms with van der Waals surface area (Å²) in [6.07, 6.45) is 0.753. The minimum absolute atomic E-state index is 0.0682. The molecule has 1 fully saturated rings. The zero-order valence-electron chi connectivity index (χ0n) is 18.4. The zero-order valence-corrected chi connectivity index (χ0v) is 20.0. The molecule has 0 saturated carbocycles. The highest BCUT2D eigenvalue weighted by Gasteiger charge is 2.34. The first kappa shape index (κ1) is 24.9. The van der Waals surface area contributed by atoms with Gasteiger partial charge in [0.1, 0.15) is 12.4 Å². The molecule has 0 N–H and O–H groups in total. The van der Waals surface area contributed by atoms with Crippen LogP contribution in [0, 0.1) is 23.0 Å². The second-order valence-corrected chi connectivity index (χ2v) is 10.2. The lowest BCUT2D eigenvalue weighted by molar-refractivity contribution is -0.385. The lowest BCUT2D eigenvalue weighted by Gasteiger charge is -2.32. The number of hydrogen-bond acceptors (Lipinski definition) is 6. The summed E-state index contributed by atoms with van der Waals surface area (Å²) in [5, 5.41) is 11.6. The van der Waals surface area contributed by atoms with Gasteiger partial charge in [0.2, 0.25) is 15.9 Å². The molecular weight excluding hydrogens is 470 g/mol. The van der Waals surface area contributed by atoms with E-state index in [2.05, 4.69) is 0 Å². The van der Waals surface area contributed by atoms with Crippen molar-refractivity contribution < 1.29 is 22.9 Å². The highest BCUT2D eigenvalue weighted by Crippen LogP contribution is 2.29. The van der Waals surface area contributed by atoms with Gasteiger partial charge in [-0.3, -0.25) is 14.9 Å². The molecule has 2 aromatic carbocycles. The van der Waals surface area contributed by atoms with E-state index in [1.807, 2.05) is 6.07 Å². The van der Waals surface area contributed by atoms with E-state index < -0.39 is 14.9 Å². The Morgan fingerprint density at radius 3 is 2.55 bits per heavy atom. The molecule has 0 spiro atoms. The first-order valence-electron chi connectivity index (χ1n) is 10.5. The number of ether oxygens (including phenoxy) is 1. The van der Waals surface area contributed by atoms with Gasteiger partial charge in [-0.15, -0.1) is 0 Å². The van der Waals surface area contributed by atoms with Gasteiger partial charge in [0.15, 0.2) is 0 Å². The maximum absolute atomic E-state index is 13.1. The highest BCUT2D eigenvalue weighted by molar-refractivity contribution is 7.89. The second-order valence-electron chi connectivity index (χ2n) is 7.92. The summed E-state index contributed by atoms with van der Waals surface area (Å²) in [5.74, 6) is 0.185. The van der Waals surface area contributed by atoms with E-state index in [9.17, 15) is 23.3 Å². The minimum atomic E-state index is -3.90. The average Bonchev–Trinajstić information content (AvgIpc) is 2.79. The molecule has 0 aliphatic carbocycles. The third-order valence-corrected chi connectivity index (χ3v) is 8.05. The zero-order chi connectivity index (χ0) is 24.2. The fourth-order valence-electron chi connectivity index (χ4n) is 3.74. The molecule has 178 valence electrons. The van der Waals surface area contributed by atoms with Gasteiger partial charge in [-0.1, -0.05) is 29.8 Å². The Morgan fingerprint density at radius 2 is 1.91 bits per heavy atom. The summed E-state index contributed by atoms with van der Waals surface area (Å²) in [7, 11) is -2.21. The summed E-state index contributed by atoms with van der Waals surface area (Å²) >= 11 is 6.06. The van der Waals surface area contributed by atoms with E-state index in [1.165, 1.54) is 16.4 Å². The Morgan fingerprint density at radius 1 is 1.24 bits per heavy atom. The molecule has 0 unspecified atom stereocenters. The maximum atomic E-state index is 13.1. The molecule has 1 saturated heterocycles. The molecular formula is C22H26ClN3O6S. The third-order valence-electron chi connectivity index (χ3n) is 5.70. The van der Waals surface area contributed by atoms with Crippen LogP contribution >= 0.6 is 11.6 Å². The standard InChI is InChI=1S/C22H26ClN3O6S/c1-16-7-8-18(26(28)29)15-21(16)33(30,31)25-11-9-17(10-12-25)22(27)24(2)13-14-32-20-6-4-3-5-19(20)23/h3-8,15,17H,9-14H2,1-2H3. The Hall–Kier alpha value is -2.69. The molecule has 9 nitrogen and oxygen atoms in total. The Labute approximate surface area is 198 Å². The van der Waals surface area contributed by atoms with Crippen molar-refractivity contribution in [1.29, 1.82) is 0 Å². The van der Waals surface area contributed by atoms with Crippen LogP contribution in [0.25, 0.3) is 0 Å². The summed E-state index contributed by atoms with van der Waals surface area (Å²) in [6, 6.07) is 10.9. The quantitative estimate of drug-likeness (QED) is 0.409. The number of benzene rings is 2. The molecule has 1 heterocycles. The number of carbonyl (C=O) groups is 1. The predicted molar refractivity (Wildman–Crippen MR) is 124 cm³/mol. The van der Waals surface area contributed by atoms with Gasteiger partial charge in [-0.05, 0) is 37.5 Å². The topological polar surface area (TPSA) is 110 Å². The number of para-hydroxylation sites is 1. The van der Waals surface area contributed by atoms with Gasteiger partial charge in [0.25, 0.3) is 5.69 Å². The number of hydrogen-bond donors (Lipinski definition) is 0. The van der Waals surface area contributed by atoms with Gasteiger partial charge in [-0.25, -0.2) is 8.42 Å². The number of non-ortho nitro benzene ring substituents is 1. The first-order valence-corrected chi connectivity index (χ1v) is 12.3. The number of carbonyl (C=O) groups excluding carboxylic acids is 1. The van der Waals surface area contributed by atoms with Crippen molar-refractivity contribution in [1.82, 2.24) is 9.21 Å². The molecule has 33 heavy (non-hydrogen) atoms. The summed E-state index contributed by atoms with van der Waals surface area (Å²) < 4.78 is 33.1. The number of sulfonamides is 1. The molecule has 0 atom stereocenters. The Bertz CT molecular complexity index is 1130. The Balaban J connectivity index is 1.56. The van der Waals surface area contributed by atoms with Crippen molar-refractivity contribution >= 4 is 33.2 Å². The lowest BCUT2D eigenvalue weighted by Crippen LogP contribution is -2.44. The van der Waals surface area contributed by atoms with Crippen LogP contribution in [0.4, 0.5) is 5.69 Å². The van der Waals surface area contributed by atoms with Gasteiger partial charge in [0, 0.05) is 38.2 Å². The summed E-state index contributed by atoms with van der Waals surface area (Å²) in [6.45, 7) is 2.60. The highest BCUT2D eigenvalue weighted by atomic mass is 35.5. The van der Waals surface area contributed by atoms with Crippen molar-refractivity contribution in [3.05, 3.63) is 63.2 Å². The van der Waals surface area contributed by atoms with Crippen molar-refractivity contribution in [2.45, 2.75) is 24.7 Å². The number of halogens is 1. The van der Waals surface area contributed by atoms with Crippen molar-refractivity contribution in [3.8, 4) is 5.75 Å². The van der Waals surface area contributed by atoms with Crippen LogP contribution in [0.3, 0.4) is 0 Å². The number of likely N-dealkylation sites (N-methyl/N-ethyl adjacent to an activating group) is 1. The number of rotatable bonds is 8. The van der Waals surface area contributed by atoms with Gasteiger partial charge >= 0.3 is 0 Å². The summed E-state index contributed by atoms with van der Waals surface area (Å²) in [5.41, 5.74) is 0.168. The van der Waals surface area contributed by atoms with Crippen LogP contribution in [0.2, 0.25) is 5.02 Å². The van der Waals surface area contributed by atoms with Crippen LogP contribution < -0.4 is 4.74 Å². The Kier molecular flexibility index (Phi) is 7.93. The molecule has 11 heteroatoms. The van der Waals surface area contributed by atoms with Crippen LogP contribution in [-0.2, 0) is 14.8 Å². The number of nitrogens with zero attached hydrogens (tertiary/aromatic N) is 3. The van der Waals surface area contributed by atoms with Crippen LogP contribution in [0.15, 0.2) is 47.4 Å². The smallest absolute Gasteiger partial charge is 0.270 e. The fourth-order valence-corrected chi connectivity index (χ4v) is 5.64. The van der Waals surface area contributed by atoms with Crippen molar-refractivity contribution in [2.24, 2.45) is 5.92 Å². The molecule has 2 aromatic rings. The number of nitro groups is 1. The van der Waals surface area contributed by atoms with Crippen LogP contribution in [0.5, 0.6) is 5.75 Å². The molecule has 0 radical (unpaired) electrons. The molecule has 0 aromatic heterocycles. The predicted octanol–water partition coefficient (Wildman–Crippen LogP) is 3.49. The largest absolute Gasteiger partial charge is 0.490 e. The molecule has 1 aliphatic rings. The fraction of sp³-hybridized carbons (Fsp3) is 0.409. The third kappa shape index (κ3) is 5.82. The maximum Gasteiger partial charge on any atom is 0.270 e. The number of nitro benzene ring substituents is 1. The second kappa shape index (κ2) is 10.5. The van der Waals surface area contributed by atoms with Gasteiger partial charge < -0.3 is 9.64 Å². The number of piperidine rings is 1. The molecule has 0 bridgehead atoms. The van der Waals surface area contributed by atoms with Gasteiger partial charge in [-0.2, -0.15) is 4.31 Å². The van der Waals surface area contributed by atoms with Crippen molar-refractivity contribution in [2.75, 3.05) is 33.3 Å². The number of amides is 1. The van der Waals surface area contributed by atoms with E-state index >= 15 is 0 Å². The van der Waals surface area contributed by atoms with Crippen LogP contribution in [0.1, 0.15) is 18.4 Å². The normalized spacial score (nSPS) is 15.2. The average molecular weight is 496 g/mol. The van der Waals surface area contributed by atoms with E-state index in [0.29, 0.717) is 35.7 Å². The van der Waals surface area contributed by atoms with E-state index in [1.54, 1.807) is 37.1 Å². The van der Waals surface area contributed by atoms with E-state index in [4.69, 9.17) is 16.3 Å². The summed E-state index contributed by atoms with van der Waals surface area (Å²) in [4.78, 5) is 24.8. The minimum Gasteiger partial charge on any atom is -0.490 e. The van der Waals surface area contributed by atoms with Gasteiger partial charge in [0.05, 0.1) is 21.4 Å². The molecule has 3 rings (SSSR count). The number of aryl methyl sites for hydroxylation is 1. The van der Waals surface area contributed by atoms with Crippen LogP contribution in [-0.4, -0.2) is 61.7 Å². The van der Waals surface area contributed by atoms with Crippen molar-refractivity contribution in [3.63, 3.8) is 0 Å². The first-order chi connectivity index (χ1) is 15.6. The lowest BCUT2D eigenvalue weighted by atomic mass is 9.97. The molecule has 1 amide bonds. The monoisotopic (exact) mass is 495 g/mol. The molecule has 1 aliphatic heterocycles.